The van der Waals surface area contributed by atoms with Gasteiger partial charge < -0.3 is 15.3 Å². The number of aromatic amines is 2. The first-order valence-electron chi connectivity index (χ1n) is 8.06. The summed E-state index contributed by atoms with van der Waals surface area (Å²) in [4.78, 5) is 29.4. The third-order valence-electron chi connectivity index (χ3n) is 4.29. The molecule has 10 heteroatoms. The second kappa shape index (κ2) is 6.38. The number of thiophene rings is 1. The lowest BCUT2D eigenvalue weighted by molar-refractivity contribution is 0.102. The molecule has 0 saturated carbocycles. The molecule has 1 fully saturated rings. The largest absolute Gasteiger partial charge is 0.323 e. The molecule has 0 unspecified atom stereocenters. The van der Waals surface area contributed by atoms with Gasteiger partial charge in [0.2, 0.25) is 10.0 Å². The van der Waals surface area contributed by atoms with Crippen LogP contribution in [0.15, 0.2) is 39.3 Å². The van der Waals surface area contributed by atoms with E-state index in [4.69, 9.17) is 0 Å². The van der Waals surface area contributed by atoms with Crippen LogP contribution in [0, 0.1) is 0 Å². The zero-order chi connectivity index (χ0) is 18.3. The highest BCUT2D eigenvalue weighted by atomic mass is 32.2. The molecule has 1 saturated heterocycles. The van der Waals surface area contributed by atoms with Crippen molar-refractivity contribution < 1.29 is 13.2 Å². The van der Waals surface area contributed by atoms with Crippen molar-refractivity contribution >= 4 is 44.0 Å². The highest BCUT2D eigenvalue weighted by molar-refractivity contribution is 7.89. The van der Waals surface area contributed by atoms with Gasteiger partial charge in [-0.2, -0.15) is 4.31 Å². The Balaban J connectivity index is 1.62. The van der Waals surface area contributed by atoms with E-state index in [1.807, 2.05) is 0 Å². The molecule has 2 aromatic heterocycles. The summed E-state index contributed by atoms with van der Waals surface area (Å²) in [5, 5.41) is 4.30. The first kappa shape index (κ1) is 17.0. The molecule has 136 valence electrons. The third-order valence-corrected chi connectivity index (χ3v) is 7.28. The van der Waals surface area contributed by atoms with E-state index in [-0.39, 0.29) is 15.5 Å². The summed E-state index contributed by atoms with van der Waals surface area (Å²) in [5.41, 5.74) is 1.32. The van der Waals surface area contributed by atoms with Crippen molar-refractivity contribution in [3.63, 3.8) is 0 Å². The molecule has 1 aliphatic rings. The van der Waals surface area contributed by atoms with Crippen molar-refractivity contribution in [1.82, 2.24) is 14.3 Å². The minimum atomic E-state index is -3.66. The summed E-state index contributed by atoms with van der Waals surface area (Å²) in [6.07, 6.45) is 1.67. The number of sulfonamides is 1. The van der Waals surface area contributed by atoms with E-state index >= 15 is 0 Å². The number of rotatable bonds is 4. The lowest BCUT2D eigenvalue weighted by Crippen LogP contribution is -2.29. The van der Waals surface area contributed by atoms with Gasteiger partial charge in [0.15, 0.2) is 0 Å². The molecular formula is C16H16N4O4S2. The zero-order valence-electron chi connectivity index (χ0n) is 13.6. The van der Waals surface area contributed by atoms with Crippen molar-refractivity contribution in [2.75, 3.05) is 18.4 Å². The van der Waals surface area contributed by atoms with Gasteiger partial charge in [-0.15, -0.1) is 11.3 Å². The highest BCUT2D eigenvalue weighted by Crippen LogP contribution is 2.28. The first-order chi connectivity index (χ1) is 12.4. The molecule has 26 heavy (non-hydrogen) atoms. The van der Waals surface area contributed by atoms with Gasteiger partial charge >= 0.3 is 5.69 Å². The van der Waals surface area contributed by atoms with Crippen molar-refractivity contribution in [1.29, 1.82) is 0 Å². The van der Waals surface area contributed by atoms with E-state index in [9.17, 15) is 18.0 Å². The SMILES string of the molecule is O=C(Nc1ccc2[nH]c(=O)[nH]c2c1)c1sccc1S(=O)(=O)N1CCCC1. The third kappa shape index (κ3) is 2.96. The van der Waals surface area contributed by atoms with E-state index in [0.717, 1.165) is 24.2 Å². The fraction of sp³-hybridized carbons (Fsp3) is 0.250. The maximum absolute atomic E-state index is 12.8. The second-order valence-electron chi connectivity index (χ2n) is 6.02. The molecule has 1 aliphatic heterocycles. The molecule has 8 nitrogen and oxygen atoms in total. The van der Waals surface area contributed by atoms with Crippen LogP contribution in [0.1, 0.15) is 22.5 Å². The Morgan fingerprint density at radius 2 is 1.85 bits per heavy atom. The van der Waals surface area contributed by atoms with Gasteiger partial charge in [-0.25, -0.2) is 13.2 Å². The number of amides is 1. The molecule has 0 aliphatic carbocycles. The molecule has 0 atom stereocenters. The van der Waals surface area contributed by atoms with Crippen molar-refractivity contribution in [3.8, 4) is 0 Å². The van der Waals surface area contributed by atoms with Crippen LogP contribution in [0.5, 0.6) is 0 Å². The number of benzene rings is 1. The van der Waals surface area contributed by atoms with E-state index in [1.165, 1.54) is 10.4 Å². The van der Waals surface area contributed by atoms with Crippen LogP contribution in [-0.2, 0) is 10.0 Å². The molecule has 1 amide bonds. The molecule has 1 aromatic carbocycles. The Labute approximate surface area is 152 Å². The van der Waals surface area contributed by atoms with Gasteiger partial charge in [0.25, 0.3) is 5.91 Å². The number of fused-ring (bicyclic) bond motifs is 1. The highest BCUT2D eigenvalue weighted by Gasteiger charge is 2.31. The minimum Gasteiger partial charge on any atom is -0.321 e. The van der Waals surface area contributed by atoms with Crippen LogP contribution in [0.25, 0.3) is 11.0 Å². The van der Waals surface area contributed by atoms with Gasteiger partial charge in [0.05, 0.1) is 11.0 Å². The summed E-state index contributed by atoms with van der Waals surface area (Å²) >= 11 is 1.09. The number of imidazole rings is 1. The predicted molar refractivity (Wildman–Crippen MR) is 99.2 cm³/mol. The Bertz CT molecular complexity index is 1140. The molecule has 0 bridgehead atoms. The lowest BCUT2D eigenvalue weighted by atomic mass is 10.2. The molecule has 4 rings (SSSR count). The first-order valence-corrected chi connectivity index (χ1v) is 10.4. The maximum atomic E-state index is 12.8. The van der Waals surface area contributed by atoms with Crippen molar-refractivity contribution in [2.24, 2.45) is 0 Å². The molecular weight excluding hydrogens is 376 g/mol. The monoisotopic (exact) mass is 392 g/mol. The topological polar surface area (TPSA) is 115 Å². The number of aromatic nitrogens is 2. The van der Waals surface area contributed by atoms with Crippen LogP contribution in [-0.4, -0.2) is 41.7 Å². The molecule has 0 radical (unpaired) electrons. The van der Waals surface area contributed by atoms with E-state index in [1.54, 1.807) is 23.6 Å². The number of hydrogen-bond donors (Lipinski definition) is 3. The van der Waals surface area contributed by atoms with Crippen molar-refractivity contribution in [2.45, 2.75) is 17.7 Å². The Morgan fingerprint density at radius 3 is 2.62 bits per heavy atom. The Morgan fingerprint density at radius 1 is 1.12 bits per heavy atom. The smallest absolute Gasteiger partial charge is 0.321 e. The standard InChI is InChI=1S/C16H16N4O4S2/c21-15(17-10-3-4-11-12(9-10)19-16(22)18-11)14-13(5-8-25-14)26(23,24)20-6-1-2-7-20/h3-5,8-9H,1-2,6-7H2,(H,17,21)(H2,18,19,22). The second-order valence-corrected chi connectivity index (χ2v) is 8.84. The van der Waals surface area contributed by atoms with Crippen LogP contribution >= 0.6 is 11.3 Å². The number of nitrogens with one attached hydrogen (secondary N) is 3. The van der Waals surface area contributed by atoms with Gasteiger partial charge in [0.1, 0.15) is 9.77 Å². The van der Waals surface area contributed by atoms with Crippen LogP contribution < -0.4 is 11.0 Å². The molecule has 3 aromatic rings. The van der Waals surface area contributed by atoms with Crippen molar-refractivity contribution in [3.05, 3.63) is 45.0 Å². The van der Waals surface area contributed by atoms with Gasteiger partial charge in [-0.1, -0.05) is 0 Å². The number of hydrogen-bond acceptors (Lipinski definition) is 5. The molecule has 3 heterocycles. The van der Waals surface area contributed by atoms with Gasteiger partial charge in [-0.3, -0.25) is 4.79 Å². The van der Waals surface area contributed by atoms with E-state index in [0.29, 0.717) is 29.8 Å². The number of H-pyrrole nitrogens is 2. The summed E-state index contributed by atoms with van der Waals surface area (Å²) in [7, 11) is -3.66. The molecule has 0 spiro atoms. The number of carbonyl (C=O) groups is 1. The fourth-order valence-corrected chi connectivity index (χ4v) is 5.84. The summed E-state index contributed by atoms with van der Waals surface area (Å²) < 4.78 is 26.9. The average molecular weight is 392 g/mol. The van der Waals surface area contributed by atoms with E-state index < -0.39 is 15.9 Å². The lowest BCUT2D eigenvalue weighted by Gasteiger charge is -2.15. The quantitative estimate of drug-likeness (QED) is 0.629. The molecule has 3 N–H and O–H groups in total. The number of carbonyl (C=O) groups excluding carboxylic acids is 1. The fourth-order valence-electron chi connectivity index (χ4n) is 3.03. The maximum Gasteiger partial charge on any atom is 0.323 e. The van der Waals surface area contributed by atoms with Gasteiger partial charge in [0, 0.05) is 18.8 Å². The van der Waals surface area contributed by atoms with E-state index in [2.05, 4.69) is 15.3 Å². The average Bonchev–Trinajstić information content (AvgIpc) is 3.34. The minimum absolute atomic E-state index is 0.0398. The predicted octanol–water partition coefficient (Wildman–Crippen LogP) is 1.95. The van der Waals surface area contributed by atoms with Gasteiger partial charge in [-0.05, 0) is 42.5 Å². The summed E-state index contributed by atoms with van der Waals surface area (Å²) in [5.74, 6) is -0.491. The van der Waals surface area contributed by atoms with Crippen LogP contribution in [0.2, 0.25) is 0 Å². The van der Waals surface area contributed by atoms with Crippen LogP contribution in [0.4, 0.5) is 5.69 Å². The zero-order valence-corrected chi connectivity index (χ0v) is 15.2. The summed E-state index contributed by atoms with van der Waals surface area (Å²) in [6.45, 7) is 0.966. The summed E-state index contributed by atoms with van der Waals surface area (Å²) in [6, 6.07) is 6.40. The Kier molecular flexibility index (Phi) is 4.17. The normalized spacial score (nSPS) is 15.5. The van der Waals surface area contributed by atoms with Crippen LogP contribution in [0.3, 0.4) is 0 Å². The number of anilines is 1. The Hall–Kier alpha value is -2.43. The number of nitrogens with zero attached hydrogens (tertiary/aromatic N) is 1.